The Morgan fingerprint density at radius 3 is 2.45 bits per heavy atom. The second-order valence-corrected chi connectivity index (χ2v) is 6.83. The Hall–Kier alpha value is -1.57. The monoisotopic (exact) mass is 355 g/mol. The topological polar surface area (TPSA) is 98.2 Å². The van der Waals surface area contributed by atoms with Crippen LogP contribution in [0.15, 0.2) is 45.8 Å². The summed E-state index contributed by atoms with van der Waals surface area (Å²) in [5.74, 6) is 0. The van der Waals surface area contributed by atoms with Crippen molar-refractivity contribution in [2.45, 2.75) is 11.8 Å². The minimum Gasteiger partial charge on any atom is -0.398 e. The quantitative estimate of drug-likeness (QED) is 0.737. The summed E-state index contributed by atoms with van der Waals surface area (Å²) in [6, 6.07) is 10.4. The summed E-state index contributed by atoms with van der Waals surface area (Å²) in [4.78, 5) is -0.0750. The third-order valence-corrected chi connectivity index (χ3v) is 4.27. The van der Waals surface area contributed by atoms with Gasteiger partial charge in [-0.2, -0.15) is 0 Å². The predicted molar refractivity (Wildman–Crippen MR) is 84.4 cm³/mol. The molecule has 0 aliphatic carbocycles. The summed E-state index contributed by atoms with van der Waals surface area (Å²) in [5, 5.41) is 8.26. The molecule has 2 rings (SSSR count). The highest BCUT2D eigenvalue weighted by Gasteiger charge is 2.12. The van der Waals surface area contributed by atoms with Crippen LogP contribution in [0.3, 0.4) is 0 Å². The molecule has 0 unspecified atom stereocenters. The first kappa shape index (κ1) is 14.8. The Morgan fingerprint density at radius 1 is 1.15 bits per heavy atom. The van der Waals surface area contributed by atoms with E-state index in [9.17, 15) is 8.42 Å². The van der Waals surface area contributed by atoms with E-state index in [0.29, 0.717) is 5.69 Å². The second kappa shape index (κ2) is 5.43. The summed E-state index contributed by atoms with van der Waals surface area (Å²) in [7, 11) is -3.80. The molecule has 0 spiro atoms. The molecule has 0 bridgehead atoms. The second-order valence-electron chi connectivity index (χ2n) is 4.38. The molecule has 20 heavy (non-hydrogen) atoms. The number of rotatable bonds is 3. The lowest BCUT2D eigenvalue weighted by Crippen LogP contribution is -2.14. The zero-order valence-corrected chi connectivity index (χ0v) is 13.1. The van der Waals surface area contributed by atoms with Crippen molar-refractivity contribution in [2.75, 3.05) is 11.1 Å². The Labute approximate surface area is 126 Å². The van der Waals surface area contributed by atoms with Crippen molar-refractivity contribution < 1.29 is 8.42 Å². The van der Waals surface area contributed by atoms with E-state index in [-0.39, 0.29) is 10.6 Å². The molecule has 0 aliphatic rings. The molecule has 0 saturated carbocycles. The first-order valence-corrected chi connectivity index (χ1v) is 8.07. The molecule has 0 atom stereocenters. The average molecular weight is 356 g/mol. The van der Waals surface area contributed by atoms with Gasteiger partial charge in [0.15, 0.2) is 0 Å². The summed E-state index contributed by atoms with van der Waals surface area (Å²) in [5.41, 5.74) is 8.49. The molecule has 0 radical (unpaired) electrons. The highest BCUT2D eigenvalue weighted by molar-refractivity contribution is 9.10. The Morgan fingerprint density at radius 2 is 1.85 bits per heavy atom. The fourth-order valence-corrected chi connectivity index (χ4v) is 2.78. The van der Waals surface area contributed by atoms with Gasteiger partial charge in [-0.25, -0.2) is 13.6 Å². The number of halogens is 1. The highest BCUT2D eigenvalue weighted by atomic mass is 79.9. The normalized spacial score (nSPS) is 11.3. The highest BCUT2D eigenvalue weighted by Crippen LogP contribution is 2.27. The number of nitrogens with one attached hydrogen (secondary N) is 1. The van der Waals surface area contributed by atoms with Crippen LogP contribution >= 0.6 is 15.9 Å². The lowest BCUT2D eigenvalue weighted by Gasteiger charge is -2.12. The van der Waals surface area contributed by atoms with Gasteiger partial charge in [-0.3, -0.25) is 0 Å². The summed E-state index contributed by atoms with van der Waals surface area (Å²) < 4.78 is 23.5. The van der Waals surface area contributed by atoms with E-state index in [0.717, 1.165) is 15.7 Å². The van der Waals surface area contributed by atoms with Gasteiger partial charge in [0.1, 0.15) is 4.90 Å². The van der Waals surface area contributed by atoms with Crippen LogP contribution < -0.4 is 16.2 Å². The van der Waals surface area contributed by atoms with Gasteiger partial charge in [0.2, 0.25) is 10.0 Å². The van der Waals surface area contributed by atoms with Gasteiger partial charge >= 0.3 is 0 Å². The number of benzene rings is 2. The lowest BCUT2D eigenvalue weighted by atomic mass is 10.2. The van der Waals surface area contributed by atoms with Crippen molar-refractivity contribution >= 4 is 43.0 Å². The summed E-state index contributed by atoms with van der Waals surface area (Å²) in [6.45, 7) is 1.97. The number of hydrogen-bond acceptors (Lipinski definition) is 4. The first-order chi connectivity index (χ1) is 9.27. The molecule has 0 fully saturated rings. The molecule has 0 heterocycles. The Bertz CT molecular complexity index is 760. The van der Waals surface area contributed by atoms with Gasteiger partial charge in [-0.1, -0.05) is 22.0 Å². The lowest BCUT2D eigenvalue weighted by molar-refractivity contribution is 0.598. The van der Waals surface area contributed by atoms with Crippen molar-refractivity contribution in [2.24, 2.45) is 5.14 Å². The molecule has 0 saturated heterocycles. The van der Waals surface area contributed by atoms with Gasteiger partial charge in [0.05, 0.1) is 5.69 Å². The van der Waals surface area contributed by atoms with Gasteiger partial charge in [0, 0.05) is 15.8 Å². The van der Waals surface area contributed by atoms with E-state index in [1.54, 1.807) is 12.1 Å². The third kappa shape index (κ3) is 3.30. The van der Waals surface area contributed by atoms with Crippen LogP contribution in [0.25, 0.3) is 0 Å². The van der Waals surface area contributed by atoms with E-state index < -0.39 is 10.0 Å². The van der Waals surface area contributed by atoms with E-state index in [1.165, 1.54) is 6.07 Å². The number of nitrogen functional groups attached to an aromatic ring is 1. The molecular formula is C13H14BrN3O2S. The van der Waals surface area contributed by atoms with Gasteiger partial charge in [-0.05, 0) is 42.8 Å². The maximum atomic E-state index is 11.3. The van der Waals surface area contributed by atoms with Crippen molar-refractivity contribution in [3.8, 4) is 0 Å². The number of aryl methyl sites for hydroxylation is 1. The van der Waals surface area contributed by atoms with E-state index in [2.05, 4.69) is 21.2 Å². The van der Waals surface area contributed by atoms with Gasteiger partial charge < -0.3 is 11.1 Å². The third-order valence-electron chi connectivity index (χ3n) is 2.79. The van der Waals surface area contributed by atoms with Crippen LogP contribution in [0, 0.1) is 6.92 Å². The van der Waals surface area contributed by atoms with Gasteiger partial charge in [-0.15, -0.1) is 0 Å². The first-order valence-electron chi connectivity index (χ1n) is 5.73. The Kier molecular flexibility index (Phi) is 4.03. The maximum absolute atomic E-state index is 11.3. The SMILES string of the molecule is Cc1ccc(Br)cc1Nc1ccc(S(N)(=O)=O)c(N)c1. The summed E-state index contributed by atoms with van der Waals surface area (Å²) >= 11 is 3.40. The molecule has 2 aromatic carbocycles. The molecule has 2 aromatic rings. The largest absolute Gasteiger partial charge is 0.398 e. The number of primary sulfonamides is 1. The minimum atomic E-state index is -3.80. The summed E-state index contributed by atoms with van der Waals surface area (Å²) in [6.07, 6.45) is 0. The van der Waals surface area contributed by atoms with Crippen molar-refractivity contribution in [1.82, 2.24) is 0 Å². The minimum absolute atomic E-state index is 0.0750. The standard InChI is InChI=1S/C13H14BrN3O2S/c1-8-2-3-9(14)6-12(8)17-10-4-5-13(11(15)7-10)20(16,18)19/h2-7,17H,15H2,1H3,(H2,16,18,19). The van der Waals surface area contributed by atoms with Crippen molar-refractivity contribution in [1.29, 1.82) is 0 Å². The number of anilines is 3. The van der Waals surface area contributed by atoms with Crippen LogP contribution in [0.4, 0.5) is 17.1 Å². The number of hydrogen-bond donors (Lipinski definition) is 3. The average Bonchev–Trinajstić information content (AvgIpc) is 2.32. The van der Waals surface area contributed by atoms with Gasteiger partial charge in [0.25, 0.3) is 0 Å². The van der Waals surface area contributed by atoms with Crippen molar-refractivity contribution in [3.05, 3.63) is 46.4 Å². The van der Waals surface area contributed by atoms with Crippen LogP contribution in [0.1, 0.15) is 5.56 Å². The van der Waals surface area contributed by atoms with Crippen LogP contribution in [-0.2, 0) is 10.0 Å². The van der Waals surface area contributed by atoms with Crippen LogP contribution in [0.5, 0.6) is 0 Å². The molecular weight excluding hydrogens is 342 g/mol. The molecule has 0 amide bonds. The van der Waals surface area contributed by atoms with Crippen LogP contribution in [0.2, 0.25) is 0 Å². The molecule has 5 N–H and O–H groups in total. The van der Waals surface area contributed by atoms with E-state index >= 15 is 0 Å². The maximum Gasteiger partial charge on any atom is 0.240 e. The zero-order valence-electron chi connectivity index (χ0n) is 10.7. The number of nitrogens with two attached hydrogens (primary N) is 2. The molecule has 5 nitrogen and oxygen atoms in total. The smallest absolute Gasteiger partial charge is 0.240 e. The molecule has 106 valence electrons. The number of sulfonamides is 1. The molecule has 0 aliphatic heterocycles. The predicted octanol–water partition coefficient (Wildman–Crippen LogP) is 2.73. The van der Waals surface area contributed by atoms with E-state index in [4.69, 9.17) is 10.9 Å². The van der Waals surface area contributed by atoms with Crippen LogP contribution in [-0.4, -0.2) is 8.42 Å². The fourth-order valence-electron chi connectivity index (χ4n) is 1.77. The van der Waals surface area contributed by atoms with Crippen molar-refractivity contribution in [3.63, 3.8) is 0 Å². The Balaban J connectivity index is 2.36. The zero-order chi connectivity index (χ0) is 14.9. The molecule has 0 aromatic heterocycles. The fraction of sp³-hybridized carbons (Fsp3) is 0.0769. The van der Waals surface area contributed by atoms with E-state index in [1.807, 2.05) is 25.1 Å². The molecule has 7 heteroatoms.